The van der Waals surface area contributed by atoms with Crippen molar-refractivity contribution < 1.29 is 20.1 Å². The lowest BCUT2D eigenvalue weighted by atomic mass is 9.51. The highest BCUT2D eigenvalue weighted by molar-refractivity contribution is 5.87. The van der Waals surface area contributed by atoms with Gasteiger partial charge in [0.05, 0.1) is 17.1 Å². The SMILES string of the molecule is C[C@@H]1CC[C@@H]2[C@H](C=C[C@](C)(O)[C@]2(C)C(=O)CCO)[C@H]1O. The molecule has 0 saturated heterocycles. The fraction of sp³-hybridized carbons (Fsp3) is 0.812. The molecule has 0 aliphatic heterocycles. The average Bonchev–Trinajstić information content (AvgIpc) is 2.38. The topological polar surface area (TPSA) is 77.8 Å². The van der Waals surface area contributed by atoms with E-state index >= 15 is 0 Å². The Labute approximate surface area is 120 Å². The Balaban J connectivity index is 2.43. The lowest BCUT2D eigenvalue weighted by Gasteiger charge is -2.54. The van der Waals surface area contributed by atoms with Crippen molar-refractivity contribution in [2.24, 2.45) is 23.2 Å². The molecule has 0 aromatic carbocycles. The van der Waals surface area contributed by atoms with Crippen LogP contribution in [0.5, 0.6) is 0 Å². The summed E-state index contributed by atoms with van der Waals surface area (Å²) < 4.78 is 0. The predicted octanol–water partition coefficient (Wildman–Crippen LogP) is 1.29. The Morgan fingerprint density at radius 2 is 2.00 bits per heavy atom. The van der Waals surface area contributed by atoms with Crippen molar-refractivity contribution in [3.63, 3.8) is 0 Å². The first kappa shape index (κ1) is 15.7. The van der Waals surface area contributed by atoms with E-state index in [-0.39, 0.29) is 36.6 Å². The summed E-state index contributed by atoms with van der Waals surface area (Å²) in [5.41, 5.74) is -2.18. The Bertz CT molecular complexity index is 415. The number of rotatable bonds is 3. The van der Waals surface area contributed by atoms with E-state index in [4.69, 9.17) is 5.11 Å². The Hall–Kier alpha value is -0.710. The van der Waals surface area contributed by atoms with E-state index in [1.54, 1.807) is 19.9 Å². The van der Waals surface area contributed by atoms with Crippen molar-refractivity contribution in [3.8, 4) is 0 Å². The van der Waals surface area contributed by atoms with Gasteiger partial charge in [0.15, 0.2) is 0 Å². The zero-order valence-corrected chi connectivity index (χ0v) is 12.5. The third kappa shape index (κ3) is 2.14. The number of carbonyl (C=O) groups is 1. The van der Waals surface area contributed by atoms with E-state index < -0.39 is 17.1 Å². The van der Waals surface area contributed by atoms with Crippen molar-refractivity contribution in [1.29, 1.82) is 0 Å². The second-order valence-electron chi connectivity index (χ2n) is 6.83. The van der Waals surface area contributed by atoms with E-state index in [9.17, 15) is 15.0 Å². The van der Waals surface area contributed by atoms with Crippen LogP contribution in [0.1, 0.15) is 40.0 Å². The van der Waals surface area contributed by atoms with Crippen molar-refractivity contribution >= 4 is 5.78 Å². The second-order valence-corrected chi connectivity index (χ2v) is 6.83. The molecule has 4 heteroatoms. The molecule has 1 saturated carbocycles. The van der Waals surface area contributed by atoms with Gasteiger partial charge in [-0.25, -0.2) is 0 Å². The zero-order chi connectivity index (χ0) is 15.1. The van der Waals surface area contributed by atoms with Gasteiger partial charge in [-0.2, -0.15) is 0 Å². The zero-order valence-electron chi connectivity index (χ0n) is 12.5. The molecule has 114 valence electrons. The van der Waals surface area contributed by atoms with Crippen LogP contribution in [0.3, 0.4) is 0 Å². The van der Waals surface area contributed by atoms with Crippen LogP contribution in [0.25, 0.3) is 0 Å². The summed E-state index contributed by atoms with van der Waals surface area (Å²) in [4.78, 5) is 12.5. The van der Waals surface area contributed by atoms with Gasteiger partial charge in [0, 0.05) is 18.9 Å². The molecule has 0 aromatic heterocycles. The lowest BCUT2D eigenvalue weighted by molar-refractivity contribution is -0.159. The molecule has 4 nitrogen and oxygen atoms in total. The van der Waals surface area contributed by atoms with Crippen LogP contribution < -0.4 is 0 Å². The second kappa shape index (κ2) is 5.24. The monoisotopic (exact) mass is 282 g/mol. The molecule has 6 atom stereocenters. The lowest BCUT2D eigenvalue weighted by Crippen LogP contribution is -2.60. The smallest absolute Gasteiger partial charge is 0.144 e. The van der Waals surface area contributed by atoms with Crippen LogP contribution in [-0.2, 0) is 4.79 Å². The number of hydrogen-bond acceptors (Lipinski definition) is 4. The average molecular weight is 282 g/mol. The predicted molar refractivity (Wildman–Crippen MR) is 76.0 cm³/mol. The Morgan fingerprint density at radius 1 is 1.35 bits per heavy atom. The molecule has 0 spiro atoms. The van der Waals surface area contributed by atoms with Crippen LogP contribution in [0.4, 0.5) is 0 Å². The molecule has 0 radical (unpaired) electrons. The number of hydrogen-bond donors (Lipinski definition) is 3. The molecule has 2 aliphatic carbocycles. The Morgan fingerprint density at radius 3 is 2.60 bits per heavy atom. The van der Waals surface area contributed by atoms with Gasteiger partial charge in [0.25, 0.3) is 0 Å². The van der Waals surface area contributed by atoms with Gasteiger partial charge in [-0.05, 0) is 38.5 Å². The first-order chi connectivity index (χ1) is 9.25. The largest absolute Gasteiger partial charge is 0.396 e. The van der Waals surface area contributed by atoms with Gasteiger partial charge in [0.2, 0.25) is 0 Å². The van der Waals surface area contributed by atoms with Crippen molar-refractivity contribution in [3.05, 3.63) is 12.2 Å². The number of carbonyl (C=O) groups excluding carboxylic acids is 1. The summed E-state index contributed by atoms with van der Waals surface area (Å²) >= 11 is 0. The summed E-state index contributed by atoms with van der Waals surface area (Å²) in [6, 6.07) is 0. The first-order valence-corrected chi connectivity index (χ1v) is 7.49. The van der Waals surface area contributed by atoms with Crippen LogP contribution in [0.2, 0.25) is 0 Å². The maximum atomic E-state index is 12.5. The fourth-order valence-electron chi connectivity index (χ4n) is 4.04. The van der Waals surface area contributed by atoms with Crippen LogP contribution in [-0.4, -0.2) is 39.4 Å². The molecule has 0 heterocycles. The van der Waals surface area contributed by atoms with Crippen molar-refractivity contribution in [2.45, 2.75) is 51.7 Å². The van der Waals surface area contributed by atoms with Gasteiger partial charge in [-0.15, -0.1) is 0 Å². The highest BCUT2D eigenvalue weighted by atomic mass is 16.3. The molecular weight excluding hydrogens is 256 g/mol. The Kier molecular flexibility index (Phi) is 4.11. The van der Waals surface area contributed by atoms with Crippen molar-refractivity contribution in [1.82, 2.24) is 0 Å². The number of aliphatic hydroxyl groups excluding tert-OH is 2. The van der Waals surface area contributed by atoms with E-state index in [1.807, 2.05) is 13.0 Å². The molecule has 0 amide bonds. The van der Waals surface area contributed by atoms with Gasteiger partial charge in [0.1, 0.15) is 5.78 Å². The van der Waals surface area contributed by atoms with Crippen molar-refractivity contribution in [2.75, 3.05) is 6.61 Å². The molecule has 2 aliphatic rings. The highest BCUT2D eigenvalue weighted by Crippen LogP contribution is 2.54. The minimum atomic E-state index is -1.24. The number of ketones is 1. The van der Waals surface area contributed by atoms with Crippen LogP contribution >= 0.6 is 0 Å². The van der Waals surface area contributed by atoms with Gasteiger partial charge < -0.3 is 15.3 Å². The number of aliphatic hydroxyl groups is 3. The van der Waals surface area contributed by atoms with Crippen LogP contribution in [0, 0.1) is 23.2 Å². The summed E-state index contributed by atoms with van der Waals surface area (Å²) in [5.74, 6) is -0.0772. The standard InChI is InChI=1S/C16H26O4/c1-10-4-5-12-11(14(10)19)6-8-15(2,20)16(12,3)13(18)7-9-17/h6,8,10-12,14,17,19-20H,4-5,7,9H2,1-3H3/t10-,11+,12-,14+,15+,16+/m1/s1. The minimum Gasteiger partial charge on any atom is -0.396 e. The van der Waals surface area contributed by atoms with E-state index in [1.165, 1.54) is 0 Å². The third-order valence-corrected chi connectivity index (χ3v) is 5.73. The summed E-state index contributed by atoms with van der Waals surface area (Å²) in [6.07, 6.45) is 4.78. The molecule has 0 unspecified atom stereocenters. The summed E-state index contributed by atoms with van der Waals surface area (Å²) in [6.45, 7) is 5.26. The molecule has 0 aromatic rings. The highest BCUT2D eigenvalue weighted by Gasteiger charge is 2.58. The maximum Gasteiger partial charge on any atom is 0.144 e. The fourth-order valence-corrected chi connectivity index (χ4v) is 4.04. The first-order valence-electron chi connectivity index (χ1n) is 7.49. The van der Waals surface area contributed by atoms with Gasteiger partial charge in [-0.3, -0.25) is 4.79 Å². The molecular formula is C16H26O4. The quantitative estimate of drug-likeness (QED) is 0.682. The minimum absolute atomic E-state index is 0.0510. The van der Waals surface area contributed by atoms with Crippen LogP contribution in [0.15, 0.2) is 12.2 Å². The molecule has 0 bridgehead atoms. The van der Waals surface area contributed by atoms with E-state index in [0.29, 0.717) is 0 Å². The normalized spacial score (nSPS) is 47.9. The van der Waals surface area contributed by atoms with Gasteiger partial charge in [-0.1, -0.05) is 19.1 Å². The van der Waals surface area contributed by atoms with E-state index in [0.717, 1.165) is 12.8 Å². The van der Waals surface area contributed by atoms with E-state index in [2.05, 4.69) is 0 Å². The number of Topliss-reactive ketones (excluding diaryl/α,β-unsaturated/α-hetero) is 1. The maximum absolute atomic E-state index is 12.5. The third-order valence-electron chi connectivity index (χ3n) is 5.73. The van der Waals surface area contributed by atoms with Gasteiger partial charge >= 0.3 is 0 Å². The molecule has 3 N–H and O–H groups in total. The molecule has 1 fully saturated rings. The summed E-state index contributed by atoms with van der Waals surface area (Å²) in [7, 11) is 0. The molecule has 2 rings (SSSR count). The number of fused-ring (bicyclic) bond motifs is 1. The molecule has 20 heavy (non-hydrogen) atoms. The summed E-state index contributed by atoms with van der Waals surface area (Å²) in [5, 5.41) is 30.2.